The molecular weight excluding hydrogens is 505 g/mol. The van der Waals surface area contributed by atoms with Gasteiger partial charge in [-0.05, 0) is 24.1 Å². The van der Waals surface area contributed by atoms with Crippen LogP contribution in [0.1, 0.15) is 30.8 Å². The number of pyridine rings is 1. The maximum absolute atomic E-state index is 11.8. The number of nitrogens with one attached hydrogen (secondary N) is 2. The Bertz CT molecular complexity index is 1010. The summed E-state index contributed by atoms with van der Waals surface area (Å²) in [6.07, 6.45) is 4.43. The van der Waals surface area contributed by atoms with Gasteiger partial charge in [-0.25, -0.2) is 4.99 Å². The van der Waals surface area contributed by atoms with Gasteiger partial charge in [0, 0.05) is 38.3 Å². The molecule has 3 aromatic rings. The first-order chi connectivity index (χ1) is 14.7. The number of aryl methyl sites for hydroxylation is 1. The Hall–Kier alpha value is -2.69. The molecule has 0 bridgehead atoms. The summed E-state index contributed by atoms with van der Waals surface area (Å²) in [4.78, 5) is 16.5. The fourth-order valence-corrected chi connectivity index (χ4v) is 3.08. The van der Waals surface area contributed by atoms with Gasteiger partial charge in [0.15, 0.2) is 5.96 Å². The molecule has 0 atom stereocenters. The highest BCUT2D eigenvalue weighted by Crippen LogP contribution is 2.07. The summed E-state index contributed by atoms with van der Waals surface area (Å²) in [6.45, 7) is 7.58. The molecule has 9 heteroatoms. The van der Waals surface area contributed by atoms with Crippen LogP contribution in [0.25, 0.3) is 0 Å². The average molecular weight is 535 g/mol. The van der Waals surface area contributed by atoms with Crippen LogP contribution in [0.2, 0.25) is 0 Å². The highest BCUT2D eigenvalue weighted by molar-refractivity contribution is 14.0. The van der Waals surface area contributed by atoms with Crippen molar-refractivity contribution in [1.82, 2.24) is 30.0 Å². The van der Waals surface area contributed by atoms with Gasteiger partial charge in [-0.1, -0.05) is 37.3 Å². The van der Waals surface area contributed by atoms with Crippen LogP contribution in [0, 0.1) is 0 Å². The predicted octanol–water partition coefficient (Wildman–Crippen LogP) is 2.42. The SMILES string of the molecule is CCNC(=NCc1ccc(Cn2ccccc2=O)cc1)NCCn1cnnc1CC.I. The predicted molar refractivity (Wildman–Crippen MR) is 134 cm³/mol. The monoisotopic (exact) mass is 535 g/mol. The largest absolute Gasteiger partial charge is 0.357 e. The van der Waals surface area contributed by atoms with Crippen LogP contribution in [-0.4, -0.2) is 38.4 Å². The van der Waals surface area contributed by atoms with Crippen molar-refractivity contribution in [2.75, 3.05) is 13.1 Å². The van der Waals surface area contributed by atoms with E-state index in [-0.39, 0.29) is 29.5 Å². The van der Waals surface area contributed by atoms with Crippen LogP contribution in [-0.2, 0) is 26.1 Å². The quantitative estimate of drug-likeness (QED) is 0.250. The maximum atomic E-state index is 11.8. The number of hydrogen-bond acceptors (Lipinski definition) is 4. The van der Waals surface area contributed by atoms with E-state index < -0.39 is 0 Å². The van der Waals surface area contributed by atoms with Gasteiger partial charge in [0.05, 0.1) is 13.1 Å². The third-order valence-electron chi connectivity index (χ3n) is 4.70. The molecule has 0 radical (unpaired) electrons. The second-order valence-corrected chi connectivity index (χ2v) is 6.90. The minimum absolute atomic E-state index is 0. The lowest BCUT2D eigenvalue weighted by Gasteiger charge is -2.12. The van der Waals surface area contributed by atoms with Crippen molar-refractivity contribution in [3.63, 3.8) is 0 Å². The van der Waals surface area contributed by atoms with Crippen LogP contribution in [0.3, 0.4) is 0 Å². The summed E-state index contributed by atoms with van der Waals surface area (Å²) in [7, 11) is 0. The molecule has 2 aromatic heterocycles. The Labute approximate surface area is 199 Å². The summed E-state index contributed by atoms with van der Waals surface area (Å²) in [5.74, 6) is 1.76. The van der Waals surface area contributed by atoms with Crippen LogP contribution in [0.5, 0.6) is 0 Å². The van der Waals surface area contributed by atoms with Crippen molar-refractivity contribution in [2.24, 2.45) is 4.99 Å². The van der Waals surface area contributed by atoms with E-state index >= 15 is 0 Å². The zero-order valence-electron chi connectivity index (χ0n) is 18.0. The lowest BCUT2D eigenvalue weighted by atomic mass is 10.1. The Balaban J connectivity index is 0.00000341. The molecule has 8 nitrogen and oxygen atoms in total. The summed E-state index contributed by atoms with van der Waals surface area (Å²) in [5.41, 5.74) is 2.20. The van der Waals surface area contributed by atoms with E-state index in [1.807, 2.05) is 29.7 Å². The number of aromatic nitrogens is 4. The normalized spacial score (nSPS) is 11.1. The van der Waals surface area contributed by atoms with Crippen LogP contribution >= 0.6 is 24.0 Å². The van der Waals surface area contributed by atoms with Gasteiger partial charge in [0.25, 0.3) is 5.56 Å². The number of rotatable bonds is 9. The van der Waals surface area contributed by atoms with Gasteiger partial charge in [0.1, 0.15) is 12.2 Å². The minimum Gasteiger partial charge on any atom is -0.357 e. The van der Waals surface area contributed by atoms with Crippen molar-refractivity contribution >= 4 is 29.9 Å². The molecule has 0 saturated heterocycles. The first-order valence-electron chi connectivity index (χ1n) is 10.3. The van der Waals surface area contributed by atoms with Gasteiger partial charge in [-0.2, -0.15) is 0 Å². The van der Waals surface area contributed by atoms with Crippen molar-refractivity contribution < 1.29 is 0 Å². The lowest BCUT2D eigenvalue weighted by molar-refractivity contribution is 0.632. The molecule has 0 amide bonds. The molecule has 0 fully saturated rings. The fourth-order valence-electron chi connectivity index (χ4n) is 3.08. The van der Waals surface area contributed by atoms with E-state index in [0.717, 1.165) is 49.0 Å². The fraction of sp³-hybridized carbons (Fsp3) is 0.364. The van der Waals surface area contributed by atoms with Gasteiger partial charge in [-0.15, -0.1) is 34.2 Å². The number of aliphatic imine (C=N–C) groups is 1. The summed E-state index contributed by atoms with van der Waals surface area (Å²) in [6, 6.07) is 13.4. The van der Waals surface area contributed by atoms with Crippen molar-refractivity contribution in [1.29, 1.82) is 0 Å². The van der Waals surface area contributed by atoms with Gasteiger partial charge >= 0.3 is 0 Å². The smallest absolute Gasteiger partial charge is 0.250 e. The number of benzene rings is 1. The first-order valence-corrected chi connectivity index (χ1v) is 10.3. The van der Waals surface area contributed by atoms with E-state index in [2.05, 4.69) is 44.9 Å². The third-order valence-corrected chi connectivity index (χ3v) is 4.70. The molecule has 2 heterocycles. The second kappa shape index (κ2) is 12.9. The molecule has 31 heavy (non-hydrogen) atoms. The average Bonchev–Trinajstić information content (AvgIpc) is 3.22. The maximum Gasteiger partial charge on any atom is 0.250 e. The van der Waals surface area contributed by atoms with E-state index in [1.165, 1.54) is 0 Å². The Morgan fingerprint density at radius 2 is 1.81 bits per heavy atom. The van der Waals surface area contributed by atoms with E-state index in [0.29, 0.717) is 13.1 Å². The topological polar surface area (TPSA) is 89.1 Å². The standard InChI is InChI=1S/C22H29N7O.HI/c1-3-20-27-26-17-29(20)14-12-24-22(23-4-2)25-15-18-8-10-19(11-9-18)16-28-13-6-5-7-21(28)30;/h5-11,13,17H,3-4,12,14-16H2,1-2H3,(H2,23,24,25);1H. The molecule has 0 unspecified atom stereocenters. The van der Waals surface area contributed by atoms with E-state index in [4.69, 9.17) is 0 Å². The van der Waals surface area contributed by atoms with Crippen molar-refractivity contribution in [3.8, 4) is 0 Å². The van der Waals surface area contributed by atoms with Crippen LogP contribution in [0.4, 0.5) is 0 Å². The Kier molecular flexibility index (Phi) is 10.2. The zero-order chi connectivity index (χ0) is 21.2. The Morgan fingerprint density at radius 1 is 1.03 bits per heavy atom. The second-order valence-electron chi connectivity index (χ2n) is 6.90. The number of halogens is 1. The number of guanidine groups is 1. The Morgan fingerprint density at radius 3 is 2.52 bits per heavy atom. The molecule has 3 rings (SSSR count). The van der Waals surface area contributed by atoms with Crippen LogP contribution in [0.15, 0.2) is 64.8 Å². The molecule has 1 aromatic carbocycles. The molecule has 0 aliphatic carbocycles. The summed E-state index contributed by atoms with van der Waals surface area (Å²) in [5, 5.41) is 14.7. The minimum atomic E-state index is 0. The highest BCUT2D eigenvalue weighted by Gasteiger charge is 2.03. The van der Waals surface area contributed by atoms with E-state index in [1.54, 1.807) is 29.2 Å². The first kappa shape index (κ1) is 24.6. The molecule has 2 N–H and O–H groups in total. The van der Waals surface area contributed by atoms with Gasteiger partial charge < -0.3 is 19.8 Å². The van der Waals surface area contributed by atoms with Gasteiger partial charge in [-0.3, -0.25) is 4.79 Å². The zero-order valence-corrected chi connectivity index (χ0v) is 20.3. The third kappa shape index (κ3) is 7.50. The number of hydrogen-bond donors (Lipinski definition) is 2. The lowest BCUT2D eigenvalue weighted by Crippen LogP contribution is -2.38. The highest BCUT2D eigenvalue weighted by atomic mass is 127. The van der Waals surface area contributed by atoms with Crippen molar-refractivity contribution in [3.05, 3.63) is 82.3 Å². The van der Waals surface area contributed by atoms with Gasteiger partial charge in [0.2, 0.25) is 0 Å². The van der Waals surface area contributed by atoms with E-state index in [9.17, 15) is 4.79 Å². The summed E-state index contributed by atoms with van der Waals surface area (Å²) >= 11 is 0. The van der Waals surface area contributed by atoms with Crippen molar-refractivity contribution in [2.45, 2.75) is 39.9 Å². The molecule has 0 spiro atoms. The molecule has 0 aliphatic rings. The molecule has 0 saturated carbocycles. The molecule has 0 aliphatic heterocycles. The molecule has 166 valence electrons. The summed E-state index contributed by atoms with van der Waals surface area (Å²) < 4.78 is 3.74. The molecular formula is C22H30IN7O. The van der Waals surface area contributed by atoms with Crippen LogP contribution < -0.4 is 16.2 Å². The number of nitrogens with zero attached hydrogens (tertiary/aromatic N) is 5.